The van der Waals surface area contributed by atoms with Gasteiger partial charge in [-0.15, -0.1) is 0 Å². The topological polar surface area (TPSA) is 71.1 Å². The summed E-state index contributed by atoms with van der Waals surface area (Å²) in [5.74, 6) is -0.233. The van der Waals surface area contributed by atoms with Gasteiger partial charge in [0.1, 0.15) is 0 Å². The van der Waals surface area contributed by atoms with Crippen LogP contribution in [0.15, 0.2) is 60.8 Å². The van der Waals surface area contributed by atoms with Gasteiger partial charge in [0, 0.05) is 18.0 Å². The Bertz CT molecular complexity index is 889. The second-order valence-corrected chi connectivity index (χ2v) is 5.52. The van der Waals surface area contributed by atoms with Gasteiger partial charge >= 0.3 is 0 Å². The van der Waals surface area contributed by atoms with Crippen molar-refractivity contribution >= 4 is 34.1 Å². The van der Waals surface area contributed by atoms with Crippen molar-refractivity contribution in [3.05, 3.63) is 66.4 Å². The summed E-state index contributed by atoms with van der Waals surface area (Å²) in [4.78, 5) is 27.5. The maximum atomic E-state index is 12.2. The third-order valence-corrected chi connectivity index (χ3v) is 3.51. The molecule has 120 valence electrons. The van der Waals surface area contributed by atoms with Crippen molar-refractivity contribution < 1.29 is 9.59 Å². The predicted octanol–water partition coefficient (Wildman–Crippen LogP) is 3.37. The van der Waals surface area contributed by atoms with Crippen molar-refractivity contribution in [2.24, 2.45) is 0 Å². The van der Waals surface area contributed by atoms with Gasteiger partial charge in [0.05, 0.1) is 23.8 Å². The van der Waals surface area contributed by atoms with Gasteiger partial charge in [-0.1, -0.05) is 30.3 Å². The lowest BCUT2D eigenvalue weighted by Gasteiger charge is -2.07. The Hall–Kier alpha value is -3.21. The summed E-state index contributed by atoms with van der Waals surface area (Å²) < 4.78 is 0. The van der Waals surface area contributed by atoms with Gasteiger partial charge in [0.25, 0.3) is 0 Å². The summed E-state index contributed by atoms with van der Waals surface area (Å²) in [5.41, 5.74) is 3.15. The van der Waals surface area contributed by atoms with E-state index in [9.17, 15) is 9.59 Å². The molecule has 3 aromatic rings. The second kappa shape index (κ2) is 6.91. The highest BCUT2D eigenvalue weighted by molar-refractivity contribution is 5.94. The van der Waals surface area contributed by atoms with Crippen molar-refractivity contribution in [3.8, 4) is 0 Å². The fourth-order valence-electron chi connectivity index (χ4n) is 2.44. The lowest BCUT2D eigenvalue weighted by molar-refractivity contribution is -0.116. The van der Waals surface area contributed by atoms with Gasteiger partial charge in [0.2, 0.25) is 11.8 Å². The minimum absolute atomic E-state index is 0.112. The Morgan fingerprint density at radius 3 is 2.46 bits per heavy atom. The summed E-state index contributed by atoms with van der Waals surface area (Å²) in [6.45, 7) is 1.46. The van der Waals surface area contributed by atoms with Crippen LogP contribution in [-0.4, -0.2) is 16.8 Å². The van der Waals surface area contributed by atoms with E-state index in [1.807, 2.05) is 42.5 Å². The molecular formula is C19H17N3O2. The maximum Gasteiger partial charge on any atom is 0.228 e. The van der Waals surface area contributed by atoms with Crippen molar-refractivity contribution in [3.63, 3.8) is 0 Å². The Morgan fingerprint density at radius 1 is 0.958 bits per heavy atom. The molecule has 0 bridgehead atoms. The molecule has 0 saturated heterocycles. The fourth-order valence-corrected chi connectivity index (χ4v) is 2.44. The zero-order chi connectivity index (χ0) is 16.9. The average molecular weight is 319 g/mol. The minimum Gasteiger partial charge on any atom is -0.326 e. The van der Waals surface area contributed by atoms with Crippen LogP contribution in [0.4, 0.5) is 11.4 Å². The number of fused-ring (bicyclic) bond motifs is 1. The molecular weight excluding hydrogens is 302 g/mol. The third-order valence-electron chi connectivity index (χ3n) is 3.51. The number of carbonyl (C=O) groups is 2. The van der Waals surface area contributed by atoms with E-state index in [4.69, 9.17) is 0 Å². The number of amides is 2. The molecule has 0 aliphatic rings. The molecule has 2 amide bonds. The summed E-state index contributed by atoms with van der Waals surface area (Å²) in [7, 11) is 0. The Balaban J connectivity index is 1.64. The molecule has 0 aliphatic carbocycles. The first-order valence-electron chi connectivity index (χ1n) is 7.61. The first-order chi connectivity index (χ1) is 11.6. The lowest BCUT2D eigenvalue weighted by atomic mass is 10.1. The summed E-state index contributed by atoms with van der Waals surface area (Å²) in [5, 5.41) is 6.53. The van der Waals surface area contributed by atoms with E-state index < -0.39 is 0 Å². The Kier molecular flexibility index (Phi) is 4.52. The zero-order valence-corrected chi connectivity index (χ0v) is 13.2. The molecule has 0 saturated carbocycles. The third kappa shape index (κ3) is 3.95. The minimum atomic E-state index is -0.121. The van der Waals surface area contributed by atoms with Gasteiger partial charge in [-0.3, -0.25) is 14.6 Å². The number of nitrogens with zero attached hydrogens (tertiary/aromatic N) is 1. The summed E-state index contributed by atoms with van der Waals surface area (Å²) in [6.07, 6.45) is 1.91. The van der Waals surface area contributed by atoms with Crippen LogP contribution in [0, 0.1) is 0 Å². The van der Waals surface area contributed by atoms with Crippen molar-refractivity contribution in [2.75, 3.05) is 10.6 Å². The van der Waals surface area contributed by atoms with Crippen LogP contribution in [0.1, 0.15) is 12.5 Å². The number of benzene rings is 2. The molecule has 24 heavy (non-hydrogen) atoms. The van der Waals surface area contributed by atoms with Gasteiger partial charge in [0.15, 0.2) is 0 Å². The van der Waals surface area contributed by atoms with Crippen LogP contribution < -0.4 is 10.6 Å². The van der Waals surface area contributed by atoms with E-state index in [-0.39, 0.29) is 18.2 Å². The molecule has 0 spiro atoms. The molecule has 0 aliphatic heterocycles. The second-order valence-electron chi connectivity index (χ2n) is 5.52. The number of anilines is 2. The molecule has 5 heteroatoms. The molecule has 0 fully saturated rings. The molecule has 1 aromatic heterocycles. The number of rotatable bonds is 4. The first kappa shape index (κ1) is 15.7. The van der Waals surface area contributed by atoms with Crippen LogP contribution in [0.25, 0.3) is 10.9 Å². The van der Waals surface area contributed by atoms with E-state index in [0.29, 0.717) is 11.4 Å². The standard InChI is InChI=1S/C19H17N3O2/c1-13(23)21-16-8-6-14(7-9-16)10-19(24)22-17-11-15-4-2-3-5-18(15)20-12-17/h2-9,11-12H,10H2,1H3,(H,21,23)(H,22,24). The van der Waals surface area contributed by atoms with Crippen LogP contribution in [0.5, 0.6) is 0 Å². The number of carbonyl (C=O) groups excluding carboxylic acids is 2. The van der Waals surface area contributed by atoms with Gasteiger partial charge < -0.3 is 10.6 Å². The van der Waals surface area contributed by atoms with Gasteiger partial charge in [-0.2, -0.15) is 0 Å². The number of pyridine rings is 1. The zero-order valence-electron chi connectivity index (χ0n) is 13.2. The number of hydrogen-bond donors (Lipinski definition) is 2. The van der Waals surface area contributed by atoms with E-state index in [2.05, 4.69) is 15.6 Å². The first-order valence-corrected chi connectivity index (χ1v) is 7.61. The number of hydrogen-bond acceptors (Lipinski definition) is 3. The predicted molar refractivity (Wildman–Crippen MR) is 94.8 cm³/mol. The van der Waals surface area contributed by atoms with Crippen molar-refractivity contribution in [1.82, 2.24) is 4.98 Å². The monoisotopic (exact) mass is 319 g/mol. The van der Waals surface area contributed by atoms with E-state index in [0.717, 1.165) is 16.5 Å². The van der Waals surface area contributed by atoms with Crippen LogP contribution in [0.2, 0.25) is 0 Å². The van der Waals surface area contributed by atoms with E-state index in [1.165, 1.54) is 6.92 Å². The normalized spacial score (nSPS) is 10.4. The molecule has 2 N–H and O–H groups in total. The quantitative estimate of drug-likeness (QED) is 0.774. The highest BCUT2D eigenvalue weighted by atomic mass is 16.2. The summed E-state index contributed by atoms with van der Waals surface area (Å²) >= 11 is 0. The molecule has 3 rings (SSSR count). The Labute approximate surface area is 139 Å². The number of para-hydroxylation sites is 1. The van der Waals surface area contributed by atoms with Crippen LogP contribution in [-0.2, 0) is 16.0 Å². The highest BCUT2D eigenvalue weighted by Gasteiger charge is 2.06. The fraction of sp³-hybridized carbons (Fsp3) is 0.105. The lowest BCUT2D eigenvalue weighted by Crippen LogP contribution is -2.14. The Morgan fingerprint density at radius 2 is 1.71 bits per heavy atom. The van der Waals surface area contributed by atoms with Crippen molar-refractivity contribution in [2.45, 2.75) is 13.3 Å². The smallest absolute Gasteiger partial charge is 0.228 e. The molecule has 1 heterocycles. The largest absolute Gasteiger partial charge is 0.326 e. The highest BCUT2D eigenvalue weighted by Crippen LogP contribution is 2.16. The number of aromatic nitrogens is 1. The van der Waals surface area contributed by atoms with Gasteiger partial charge in [-0.05, 0) is 29.8 Å². The maximum absolute atomic E-state index is 12.2. The SMILES string of the molecule is CC(=O)Nc1ccc(CC(=O)Nc2cnc3ccccc3c2)cc1. The molecule has 2 aromatic carbocycles. The molecule has 0 atom stereocenters. The average Bonchev–Trinajstić information content (AvgIpc) is 2.56. The molecule has 5 nitrogen and oxygen atoms in total. The molecule has 0 unspecified atom stereocenters. The summed E-state index contributed by atoms with van der Waals surface area (Å²) in [6, 6.07) is 16.9. The molecule has 0 radical (unpaired) electrons. The number of nitrogens with one attached hydrogen (secondary N) is 2. The van der Waals surface area contributed by atoms with Crippen LogP contribution >= 0.6 is 0 Å². The van der Waals surface area contributed by atoms with Gasteiger partial charge in [-0.25, -0.2) is 0 Å². The van der Waals surface area contributed by atoms with Crippen LogP contribution in [0.3, 0.4) is 0 Å². The van der Waals surface area contributed by atoms with E-state index >= 15 is 0 Å². The van der Waals surface area contributed by atoms with E-state index in [1.54, 1.807) is 18.3 Å². The van der Waals surface area contributed by atoms with Crippen molar-refractivity contribution in [1.29, 1.82) is 0 Å².